The number of aliphatic hydroxyl groups is 1. The van der Waals surface area contributed by atoms with Crippen LogP contribution < -0.4 is 4.90 Å². The van der Waals surface area contributed by atoms with Gasteiger partial charge in [0.25, 0.3) is 5.69 Å². The molecule has 1 aromatic carbocycles. The third-order valence-corrected chi connectivity index (χ3v) is 3.47. The van der Waals surface area contributed by atoms with E-state index in [2.05, 4.69) is 0 Å². The highest BCUT2D eigenvalue weighted by molar-refractivity contribution is 5.81. The molecule has 0 aromatic heterocycles. The van der Waals surface area contributed by atoms with Crippen molar-refractivity contribution in [2.75, 3.05) is 31.6 Å². The van der Waals surface area contributed by atoms with E-state index in [4.69, 9.17) is 0 Å². The fourth-order valence-corrected chi connectivity index (χ4v) is 2.28. The van der Waals surface area contributed by atoms with Crippen molar-refractivity contribution in [3.8, 4) is 0 Å². The number of hydrogen-bond acceptors (Lipinski definition) is 5. The van der Waals surface area contributed by atoms with Gasteiger partial charge in [-0.2, -0.15) is 0 Å². The van der Waals surface area contributed by atoms with E-state index >= 15 is 0 Å². The SMILES string of the molecule is CN1CCCN(c2ccc([N+](=O)[O-])c(CO)c2)CC1=O. The summed E-state index contributed by atoms with van der Waals surface area (Å²) in [6.07, 6.45) is 0.841. The first-order valence-corrected chi connectivity index (χ1v) is 6.40. The number of carbonyl (C=O) groups is 1. The van der Waals surface area contributed by atoms with Gasteiger partial charge >= 0.3 is 0 Å². The third kappa shape index (κ3) is 2.88. The summed E-state index contributed by atoms with van der Waals surface area (Å²) in [6.45, 7) is 1.26. The van der Waals surface area contributed by atoms with Crippen LogP contribution in [-0.2, 0) is 11.4 Å². The number of nitro benzene ring substituents is 1. The van der Waals surface area contributed by atoms with Gasteiger partial charge in [0.1, 0.15) is 0 Å². The van der Waals surface area contributed by atoms with Gasteiger partial charge in [0.15, 0.2) is 0 Å². The summed E-state index contributed by atoms with van der Waals surface area (Å²) in [5.41, 5.74) is 0.885. The van der Waals surface area contributed by atoms with Gasteiger partial charge in [0.05, 0.1) is 23.6 Å². The monoisotopic (exact) mass is 279 g/mol. The number of carbonyl (C=O) groups excluding carboxylic acids is 1. The Morgan fingerprint density at radius 2 is 2.15 bits per heavy atom. The van der Waals surface area contributed by atoms with E-state index in [-0.39, 0.29) is 23.7 Å². The van der Waals surface area contributed by atoms with Gasteiger partial charge in [-0.25, -0.2) is 0 Å². The Bertz CT molecular complexity index is 532. The lowest BCUT2D eigenvalue weighted by Gasteiger charge is -2.22. The fraction of sp³-hybridized carbons (Fsp3) is 0.462. The minimum absolute atomic E-state index is 0.0198. The largest absolute Gasteiger partial charge is 0.391 e. The fourth-order valence-electron chi connectivity index (χ4n) is 2.28. The summed E-state index contributed by atoms with van der Waals surface area (Å²) in [4.78, 5) is 25.7. The normalized spacial score (nSPS) is 16.2. The van der Waals surface area contributed by atoms with Gasteiger partial charge in [0, 0.05) is 31.9 Å². The van der Waals surface area contributed by atoms with Gasteiger partial charge in [-0.1, -0.05) is 0 Å². The van der Waals surface area contributed by atoms with Crippen molar-refractivity contribution in [3.05, 3.63) is 33.9 Å². The predicted octanol–water partition coefficient (Wildman–Crippen LogP) is 0.756. The summed E-state index contributed by atoms with van der Waals surface area (Å²) in [5.74, 6) is 0.0198. The Kier molecular flexibility index (Phi) is 4.19. The number of anilines is 1. The molecule has 1 aliphatic rings. The van der Waals surface area contributed by atoms with Crippen molar-refractivity contribution < 1.29 is 14.8 Å². The van der Waals surface area contributed by atoms with Crippen LogP contribution in [0.25, 0.3) is 0 Å². The van der Waals surface area contributed by atoms with Gasteiger partial charge in [-0.3, -0.25) is 14.9 Å². The van der Waals surface area contributed by atoms with Crippen LogP contribution in [-0.4, -0.2) is 47.5 Å². The van der Waals surface area contributed by atoms with Crippen LogP contribution in [0.4, 0.5) is 11.4 Å². The number of amides is 1. The van der Waals surface area contributed by atoms with E-state index in [0.29, 0.717) is 13.1 Å². The number of rotatable bonds is 3. The summed E-state index contributed by atoms with van der Waals surface area (Å²) in [5, 5.41) is 20.1. The van der Waals surface area contributed by atoms with Gasteiger partial charge < -0.3 is 14.9 Å². The van der Waals surface area contributed by atoms with E-state index < -0.39 is 11.5 Å². The second-order valence-electron chi connectivity index (χ2n) is 4.82. The summed E-state index contributed by atoms with van der Waals surface area (Å²) >= 11 is 0. The number of benzene rings is 1. The molecule has 20 heavy (non-hydrogen) atoms. The topological polar surface area (TPSA) is 86.9 Å². The lowest BCUT2D eigenvalue weighted by atomic mass is 10.1. The molecule has 0 unspecified atom stereocenters. The van der Waals surface area contributed by atoms with Crippen molar-refractivity contribution in [3.63, 3.8) is 0 Å². The minimum Gasteiger partial charge on any atom is -0.391 e. The molecule has 1 aromatic rings. The smallest absolute Gasteiger partial charge is 0.275 e. The number of nitro groups is 1. The first kappa shape index (κ1) is 14.3. The van der Waals surface area contributed by atoms with Crippen molar-refractivity contribution in [1.82, 2.24) is 4.90 Å². The van der Waals surface area contributed by atoms with Crippen LogP contribution in [0.15, 0.2) is 18.2 Å². The molecule has 0 aliphatic carbocycles. The van der Waals surface area contributed by atoms with Crippen LogP contribution >= 0.6 is 0 Å². The molecule has 1 fully saturated rings. The highest BCUT2D eigenvalue weighted by Crippen LogP contribution is 2.25. The first-order valence-electron chi connectivity index (χ1n) is 6.40. The maximum absolute atomic E-state index is 11.9. The molecule has 1 amide bonds. The van der Waals surface area contributed by atoms with Crippen molar-refractivity contribution in [2.24, 2.45) is 0 Å². The number of likely N-dealkylation sites (N-methyl/N-ethyl adjacent to an activating group) is 1. The molecule has 2 rings (SSSR count). The highest BCUT2D eigenvalue weighted by Gasteiger charge is 2.21. The molecule has 1 heterocycles. The van der Waals surface area contributed by atoms with E-state index in [0.717, 1.165) is 12.1 Å². The number of nitrogens with zero attached hydrogens (tertiary/aromatic N) is 3. The minimum atomic E-state index is -0.517. The number of aliphatic hydroxyl groups excluding tert-OH is 1. The Hall–Kier alpha value is -2.15. The standard InChI is InChI=1S/C13H17N3O4/c1-14-5-2-6-15(8-13(14)18)11-3-4-12(16(19)20)10(7-11)9-17/h3-4,7,17H,2,5-6,8-9H2,1H3. The molecular formula is C13H17N3O4. The van der Waals surface area contributed by atoms with Gasteiger partial charge in [-0.15, -0.1) is 0 Å². The van der Waals surface area contributed by atoms with E-state index in [1.54, 1.807) is 24.1 Å². The van der Waals surface area contributed by atoms with E-state index in [1.807, 2.05) is 4.90 Å². The summed E-state index contributed by atoms with van der Waals surface area (Å²) in [7, 11) is 1.76. The maximum Gasteiger partial charge on any atom is 0.275 e. The molecule has 0 saturated carbocycles. The van der Waals surface area contributed by atoms with Crippen LogP contribution in [0, 0.1) is 10.1 Å². The van der Waals surface area contributed by atoms with Gasteiger partial charge in [-0.05, 0) is 18.6 Å². The molecule has 0 spiro atoms. The molecular weight excluding hydrogens is 262 g/mol. The van der Waals surface area contributed by atoms with Gasteiger partial charge in [0.2, 0.25) is 5.91 Å². The zero-order valence-electron chi connectivity index (χ0n) is 11.3. The van der Waals surface area contributed by atoms with Crippen molar-refractivity contribution in [2.45, 2.75) is 13.0 Å². The summed E-state index contributed by atoms with van der Waals surface area (Å²) in [6, 6.07) is 4.58. The Morgan fingerprint density at radius 3 is 2.80 bits per heavy atom. The lowest BCUT2D eigenvalue weighted by molar-refractivity contribution is -0.385. The van der Waals surface area contributed by atoms with Crippen LogP contribution in [0.3, 0.4) is 0 Å². The zero-order chi connectivity index (χ0) is 14.7. The average Bonchev–Trinajstić information content (AvgIpc) is 2.60. The highest BCUT2D eigenvalue weighted by atomic mass is 16.6. The quantitative estimate of drug-likeness (QED) is 0.652. The molecule has 7 heteroatoms. The van der Waals surface area contributed by atoms with Crippen molar-refractivity contribution in [1.29, 1.82) is 0 Å². The second kappa shape index (κ2) is 5.87. The first-order chi connectivity index (χ1) is 9.52. The predicted molar refractivity (Wildman–Crippen MR) is 73.5 cm³/mol. The molecule has 0 atom stereocenters. The zero-order valence-corrected chi connectivity index (χ0v) is 11.3. The summed E-state index contributed by atoms with van der Waals surface area (Å²) < 4.78 is 0. The maximum atomic E-state index is 11.9. The average molecular weight is 279 g/mol. The molecule has 1 aliphatic heterocycles. The Morgan fingerprint density at radius 1 is 1.40 bits per heavy atom. The molecule has 1 saturated heterocycles. The van der Waals surface area contributed by atoms with Crippen LogP contribution in [0.2, 0.25) is 0 Å². The molecule has 0 bridgehead atoms. The Labute approximate surface area is 116 Å². The second-order valence-corrected chi connectivity index (χ2v) is 4.82. The molecule has 1 N–H and O–H groups in total. The molecule has 7 nitrogen and oxygen atoms in total. The van der Waals surface area contributed by atoms with Crippen LogP contribution in [0.5, 0.6) is 0 Å². The Balaban J connectivity index is 2.28. The molecule has 108 valence electrons. The lowest BCUT2D eigenvalue weighted by Crippen LogP contribution is -2.34. The van der Waals surface area contributed by atoms with Crippen LogP contribution in [0.1, 0.15) is 12.0 Å². The van der Waals surface area contributed by atoms with E-state index in [9.17, 15) is 20.0 Å². The molecule has 0 radical (unpaired) electrons. The van der Waals surface area contributed by atoms with Crippen molar-refractivity contribution >= 4 is 17.3 Å². The third-order valence-electron chi connectivity index (χ3n) is 3.47. The van der Waals surface area contributed by atoms with E-state index in [1.165, 1.54) is 6.07 Å². The number of hydrogen-bond donors (Lipinski definition) is 1.